The minimum atomic E-state index is -0.503. The van der Waals surface area contributed by atoms with Gasteiger partial charge in [-0.1, -0.05) is 30.3 Å². The lowest BCUT2D eigenvalue weighted by atomic mass is 9.96. The molecule has 0 radical (unpaired) electrons. The normalized spacial score (nSPS) is 15.0. The van der Waals surface area contributed by atoms with Gasteiger partial charge in [0, 0.05) is 24.6 Å². The molecule has 0 spiro atoms. The van der Waals surface area contributed by atoms with Crippen LogP contribution < -0.4 is 5.73 Å². The Bertz CT molecular complexity index is 957. The molecule has 2 aromatic heterocycles. The van der Waals surface area contributed by atoms with Crippen LogP contribution in [0.2, 0.25) is 0 Å². The van der Waals surface area contributed by atoms with Crippen molar-refractivity contribution in [2.45, 2.75) is 18.8 Å². The largest absolute Gasteiger partial charge is 0.365 e. The van der Waals surface area contributed by atoms with Gasteiger partial charge in [0.05, 0.1) is 9.75 Å². The van der Waals surface area contributed by atoms with Gasteiger partial charge in [-0.2, -0.15) is 5.10 Å². The topological polar surface area (TPSA) is 105 Å². The number of aromatic nitrogens is 3. The van der Waals surface area contributed by atoms with E-state index in [0.29, 0.717) is 28.7 Å². The van der Waals surface area contributed by atoms with Gasteiger partial charge in [-0.3, -0.25) is 14.7 Å². The van der Waals surface area contributed by atoms with Crippen molar-refractivity contribution < 1.29 is 9.59 Å². The molecule has 1 aliphatic heterocycles. The highest BCUT2D eigenvalue weighted by Crippen LogP contribution is 2.28. The van der Waals surface area contributed by atoms with E-state index in [2.05, 4.69) is 15.2 Å². The van der Waals surface area contributed by atoms with Gasteiger partial charge in [-0.15, -0.1) is 11.3 Å². The fraction of sp³-hybridized carbons (Fsp3) is 0.263. The Morgan fingerprint density at radius 1 is 1.07 bits per heavy atom. The molecule has 7 nitrogen and oxygen atoms in total. The minimum absolute atomic E-state index is 0.0477. The summed E-state index contributed by atoms with van der Waals surface area (Å²) in [4.78, 5) is 31.2. The average Bonchev–Trinajstić information content (AvgIpc) is 3.38. The number of H-pyrrole nitrogens is 1. The summed E-state index contributed by atoms with van der Waals surface area (Å²) >= 11 is 1.15. The van der Waals surface area contributed by atoms with E-state index in [4.69, 9.17) is 5.73 Å². The Hall–Kier alpha value is -3.00. The van der Waals surface area contributed by atoms with E-state index in [1.807, 2.05) is 35.2 Å². The third-order valence-electron chi connectivity index (χ3n) is 4.76. The van der Waals surface area contributed by atoms with Crippen LogP contribution in [0.4, 0.5) is 0 Å². The average molecular weight is 381 g/mol. The number of thiophene rings is 1. The number of carbonyl (C=O) groups is 2. The number of piperidine rings is 1. The van der Waals surface area contributed by atoms with E-state index in [9.17, 15) is 9.59 Å². The molecule has 3 N–H and O–H groups in total. The smallest absolute Gasteiger partial charge is 0.263 e. The summed E-state index contributed by atoms with van der Waals surface area (Å²) in [5.41, 5.74) is 6.24. The maximum absolute atomic E-state index is 12.6. The van der Waals surface area contributed by atoms with Crippen LogP contribution >= 0.6 is 11.3 Å². The number of aromatic amines is 1. The SMILES string of the molecule is NC(=O)c1ccc(C(=O)N2CCC(c3nc(-c4ccccc4)n[nH]3)CC2)s1. The predicted molar refractivity (Wildman–Crippen MR) is 103 cm³/mol. The molecule has 8 heteroatoms. The molecule has 3 heterocycles. The van der Waals surface area contributed by atoms with Crippen molar-refractivity contribution in [2.24, 2.45) is 5.73 Å². The van der Waals surface area contributed by atoms with Gasteiger partial charge >= 0.3 is 0 Å². The first-order valence-electron chi connectivity index (χ1n) is 8.78. The highest BCUT2D eigenvalue weighted by molar-refractivity contribution is 7.15. The van der Waals surface area contributed by atoms with Crippen molar-refractivity contribution in [3.05, 3.63) is 58.0 Å². The molecule has 1 saturated heterocycles. The fourth-order valence-corrected chi connectivity index (χ4v) is 4.10. The van der Waals surface area contributed by atoms with Crippen LogP contribution in [0.3, 0.4) is 0 Å². The second kappa shape index (κ2) is 7.32. The van der Waals surface area contributed by atoms with Crippen molar-refractivity contribution in [1.29, 1.82) is 0 Å². The van der Waals surface area contributed by atoms with Crippen LogP contribution in [0.5, 0.6) is 0 Å². The molecule has 3 aromatic rings. The number of nitrogens with zero attached hydrogens (tertiary/aromatic N) is 3. The standard InChI is InChI=1S/C19H19N5O2S/c20-16(25)14-6-7-15(27-14)19(26)24-10-8-13(9-11-24)18-21-17(22-23-18)12-4-2-1-3-5-12/h1-7,13H,8-11H2,(H2,20,25)(H,21,22,23). The van der Waals surface area contributed by atoms with E-state index in [0.717, 1.165) is 35.6 Å². The van der Waals surface area contributed by atoms with E-state index in [1.165, 1.54) is 0 Å². The first-order chi connectivity index (χ1) is 13.1. The zero-order valence-corrected chi connectivity index (χ0v) is 15.4. The molecule has 138 valence electrons. The molecule has 0 bridgehead atoms. The first kappa shape index (κ1) is 17.4. The fourth-order valence-electron chi connectivity index (χ4n) is 3.27. The van der Waals surface area contributed by atoms with Crippen molar-refractivity contribution in [2.75, 3.05) is 13.1 Å². The van der Waals surface area contributed by atoms with Gasteiger partial charge in [0.15, 0.2) is 5.82 Å². The minimum Gasteiger partial charge on any atom is -0.365 e. The number of primary amides is 1. The summed E-state index contributed by atoms with van der Waals surface area (Å²) < 4.78 is 0. The predicted octanol–water partition coefficient (Wildman–Crippen LogP) is 2.65. The van der Waals surface area contributed by atoms with Crippen molar-refractivity contribution in [3.63, 3.8) is 0 Å². The molecule has 0 saturated carbocycles. The third-order valence-corrected chi connectivity index (χ3v) is 5.85. The van der Waals surface area contributed by atoms with Gasteiger partial charge in [0.2, 0.25) is 0 Å². The van der Waals surface area contributed by atoms with Crippen LogP contribution in [0.15, 0.2) is 42.5 Å². The molecule has 1 aliphatic rings. The summed E-state index contributed by atoms with van der Waals surface area (Å²) in [6, 6.07) is 13.1. The first-order valence-corrected chi connectivity index (χ1v) is 9.60. The van der Waals surface area contributed by atoms with Crippen LogP contribution in [-0.2, 0) is 0 Å². The number of nitrogens with one attached hydrogen (secondary N) is 1. The molecular weight excluding hydrogens is 362 g/mol. The molecule has 0 aliphatic carbocycles. The van der Waals surface area contributed by atoms with E-state index >= 15 is 0 Å². The second-order valence-corrected chi connectivity index (χ2v) is 7.59. The lowest BCUT2D eigenvalue weighted by Crippen LogP contribution is -2.37. The van der Waals surface area contributed by atoms with E-state index < -0.39 is 5.91 Å². The second-order valence-electron chi connectivity index (χ2n) is 6.50. The van der Waals surface area contributed by atoms with Gasteiger partial charge in [0.1, 0.15) is 5.82 Å². The van der Waals surface area contributed by atoms with Crippen molar-refractivity contribution >= 4 is 23.2 Å². The van der Waals surface area contributed by atoms with Crippen molar-refractivity contribution in [1.82, 2.24) is 20.1 Å². The maximum Gasteiger partial charge on any atom is 0.263 e. The summed E-state index contributed by atoms with van der Waals surface area (Å²) in [5, 5.41) is 7.38. The highest BCUT2D eigenvalue weighted by Gasteiger charge is 2.27. The lowest BCUT2D eigenvalue weighted by Gasteiger charge is -2.30. The molecule has 1 fully saturated rings. The zero-order valence-electron chi connectivity index (χ0n) is 14.6. The molecule has 0 atom stereocenters. The molecule has 27 heavy (non-hydrogen) atoms. The van der Waals surface area contributed by atoms with E-state index in [-0.39, 0.29) is 11.8 Å². The number of benzene rings is 1. The van der Waals surface area contributed by atoms with Crippen LogP contribution in [0.1, 0.15) is 43.9 Å². The number of amides is 2. The Kier molecular flexibility index (Phi) is 4.72. The van der Waals surface area contributed by atoms with Gasteiger partial charge < -0.3 is 10.6 Å². The molecular formula is C19H19N5O2S. The Morgan fingerprint density at radius 3 is 2.44 bits per heavy atom. The summed E-state index contributed by atoms with van der Waals surface area (Å²) in [6.45, 7) is 1.29. The van der Waals surface area contributed by atoms with Crippen LogP contribution in [-0.4, -0.2) is 45.0 Å². The number of nitrogens with two attached hydrogens (primary N) is 1. The van der Waals surface area contributed by atoms with Gasteiger partial charge in [-0.05, 0) is 25.0 Å². The number of carbonyl (C=O) groups excluding carboxylic acids is 2. The Balaban J connectivity index is 1.39. The zero-order chi connectivity index (χ0) is 18.8. The number of hydrogen-bond donors (Lipinski definition) is 2. The van der Waals surface area contributed by atoms with Gasteiger partial charge in [0.25, 0.3) is 11.8 Å². The molecule has 0 unspecified atom stereocenters. The van der Waals surface area contributed by atoms with Crippen LogP contribution in [0, 0.1) is 0 Å². The Morgan fingerprint density at radius 2 is 1.78 bits per heavy atom. The monoisotopic (exact) mass is 381 g/mol. The molecule has 2 amide bonds. The van der Waals surface area contributed by atoms with Gasteiger partial charge in [-0.25, -0.2) is 4.98 Å². The number of hydrogen-bond acceptors (Lipinski definition) is 5. The Labute approximate surface area is 160 Å². The molecule has 1 aromatic carbocycles. The third kappa shape index (κ3) is 3.61. The lowest BCUT2D eigenvalue weighted by molar-refractivity contribution is 0.0716. The quantitative estimate of drug-likeness (QED) is 0.725. The maximum atomic E-state index is 12.6. The van der Waals surface area contributed by atoms with E-state index in [1.54, 1.807) is 12.1 Å². The number of rotatable bonds is 4. The summed E-state index contributed by atoms with van der Waals surface area (Å²) in [5.74, 6) is 1.27. The van der Waals surface area contributed by atoms with Crippen LogP contribution in [0.25, 0.3) is 11.4 Å². The summed E-state index contributed by atoms with van der Waals surface area (Å²) in [6.07, 6.45) is 1.65. The summed E-state index contributed by atoms with van der Waals surface area (Å²) in [7, 11) is 0. The highest BCUT2D eigenvalue weighted by atomic mass is 32.1. The molecule has 4 rings (SSSR count). The van der Waals surface area contributed by atoms with Crippen molar-refractivity contribution in [3.8, 4) is 11.4 Å². The number of likely N-dealkylation sites (tertiary alicyclic amines) is 1.